The van der Waals surface area contributed by atoms with Gasteiger partial charge in [0.2, 0.25) is 15.6 Å². The number of benzene rings is 3. The number of nitrogens with zero attached hydrogens (tertiary/aromatic N) is 1. The summed E-state index contributed by atoms with van der Waals surface area (Å²) in [5, 5.41) is 19.6. The molecule has 0 aliphatic heterocycles. The van der Waals surface area contributed by atoms with E-state index in [1.54, 1.807) is 30.3 Å². The van der Waals surface area contributed by atoms with Crippen LogP contribution in [0.25, 0.3) is 6.08 Å². The van der Waals surface area contributed by atoms with Crippen molar-refractivity contribution in [3.05, 3.63) is 107 Å². The van der Waals surface area contributed by atoms with Crippen molar-refractivity contribution in [1.29, 1.82) is 5.26 Å². The molecule has 0 bridgehead atoms. The summed E-state index contributed by atoms with van der Waals surface area (Å²) in [6.07, 6.45) is -3.10. The van der Waals surface area contributed by atoms with Crippen molar-refractivity contribution in [2.24, 2.45) is 0 Å². The minimum Gasteiger partial charge on any atom is -0.373 e. The van der Waals surface area contributed by atoms with Crippen molar-refractivity contribution < 1.29 is 26.7 Å². The van der Waals surface area contributed by atoms with E-state index in [0.717, 1.165) is 6.07 Å². The number of aryl methyl sites for hydroxylation is 1. The maximum absolute atomic E-state index is 13.9. The molecule has 0 saturated heterocycles. The predicted octanol–water partition coefficient (Wildman–Crippen LogP) is 4.81. The Hall–Kier alpha value is -3.45. The lowest BCUT2D eigenvalue weighted by molar-refractivity contribution is -0.244. The van der Waals surface area contributed by atoms with Crippen molar-refractivity contribution in [1.82, 2.24) is 4.72 Å². The number of halogens is 3. The van der Waals surface area contributed by atoms with Crippen LogP contribution in [0.15, 0.2) is 83.8 Å². The molecule has 0 aromatic heterocycles. The van der Waals surface area contributed by atoms with Crippen LogP contribution in [-0.4, -0.2) is 19.7 Å². The van der Waals surface area contributed by atoms with E-state index in [-0.39, 0.29) is 17.0 Å². The molecule has 1 unspecified atom stereocenters. The number of aliphatic hydroxyl groups is 1. The smallest absolute Gasteiger partial charge is 0.373 e. The van der Waals surface area contributed by atoms with Gasteiger partial charge < -0.3 is 5.11 Å². The second-order valence-corrected chi connectivity index (χ2v) is 9.38. The Morgan fingerprint density at radius 1 is 1.03 bits per heavy atom. The first kappa shape index (κ1) is 25.2. The highest BCUT2D eigenvalue weighted by molar-refractivity contribution is 7.89. The molecule has 0 aliphatic carbocycles. The highest BCUT2D eigenvalue weighted by Crippen LogP contribution is 2.41. The molecule has 0 aliphatic rings. The second-order valence-electron chi connectivity index (χ2n) is 7.61. The van der Waals surface area contributed by atoms with Crippen LogP contribution in [-0.2, 0) is 22.2 Å². The SMILES string of the molecule is Cc1cc(C(O)(C=Cc2ccccc2)C(F)(F)F)ccc1CNS(=O)(=O)c1cccc(C#N)c1. The fraction of sp³-hybridized carbons (Fsp3) is 0.160. The topological polar surface area (TPSA) is 90.2 Å². The molecule has 9 heteroatoms. The van der Waals surface area contributed by atoms with E-state index in [4.69, 9.17) is 5.26 Å². The van der Waals surface area contributed by atoms with E-state index in [0.29, 0.717) is 22.8 Å². The summed E-state index contributed by atoms with van der Waals surface area (Å²) in [5.74, 6) is 0. The fourth-order valence-electron chi connectivity index (χ4n) is 3.26. The zero-order valence-electron chi connectivity index (χ0n) is 18.0. The maximum Gasteiger partial charge on any atom is 0.425 e. The Balaban J connectivity index is 1.86. The molecule has 3 rings (SSSR count). The Labute approximate surface area is 195 Å². The monoisotopic (exact) mass is 486 g/mol. The molecule has 34 heavy (non-hydrogen) atoms. The summed E-state index contributed by atoms with van der Waals surface area (Å²) in [4.78, 5) is -0.0988. The van der Waals surface area contributed by atoms with Gasteiger partial charge in [-0.3, -0.25) is 0 Å². The van der Waals surface area contributed by atoms with E-state index in [9.17, 15) is 26.7 Å². The zero-order valence-corrected chi connectivity index (χ0v) is 18.9. The van der Waals surface area contributed by atoms with Gasteiger partial charge in [-0.2, -0.15) is 18.4 Å². The standard InChI is InChI=1S/C25H21F3N2O3S/c1-18-14-22(24(31,25(26,27)28)13-12-19-6-3-2-4-7-19)11-10-21(18)17-30-34(32,33)23-9-5-8-20(15-23)16-29/h2-15,30-31H,17H2,1H3. The number of rotatable bonds is 7. The third-order valence-corrected chi connectivity index (χ3v) is 6.66. The van der Waals surface area contributed by atoms with Gasteiger partial charge in [0.05, 0.1) is 16.5 Å². The highest BCUT2D eigenvalue weighted by atomic mass is 32.2. The summed E-state index contributed by atoms with van der Waals surface area (Å²) in [7, 11) is -3.95. The van der Waals surface area contributed by atoms with Crippen LogP contribution in [0.5, 0.6) is 0 Å². The average molecular weight is 487 g/mol. The van der Waals surface area contributed by atoms with Gasteiger partial charge in [0.1, 0.15) is 0 Å². The van der Waals surface area contributed by atoms with Crippen LogP contribution in [0.3, 0.4) is 0 Å². The first-order valence-corrected chi connectivity index (χ1v) is 11.6. The van der Waals surface area contributed by atoms with Crippen molar-refractivity contribution >= 4 is 16.1 Å². The van der Waals surface area contributed by atoms with Crippen LogP contribution in [0.4, 0.5) is 13.2 Å². The zero-order chi connectivity index (χ0) is 25.0. The molecule has 0 amide bonds. The number of nitriles is 1. The molecular weight excluding hydrogens is 465 g/mol. The molecule has 0 fully saturated rings. The quantitative estimate of drug-likeness (QED) is 0.502. The molecule has 2 N–H and O–H groups in total. The highest BCUT2D eigenvalue weighted by Gasteiger charge is 2.53. The van der Waals surface area contributed by atoms with E-state index < -0.39 is 27.4 Å². The summed E-state index contributed by atoms with van der Waals surface area (Å²) in [5.41, 5.74) is -2.16. The van der Waals surface area contributed by atoms with Gasteiger partial charge in [-0.1, -0.05) is 60.7 Å². The second kappa shape index (κ2) is 9.81. The number of alkyl halides is 3. The van der Waals surface area contributed by atoms with Gasteiger partial charge in [-0.25, -0.2) is 13.1 Å². The first-order valence-electron chi connectivity index (χ1n) is 10.1. The number of hydrogen-bond donors (Lipinski definition) is 2. The Morgan fingerprint density at radius 2 is 1.74 bits per heavy atom. The van der Waals surface area contributed by atoms with Crippen LogP contribution < -0.4 is 4.72 Å². The van der Waals surface area contributed by atoms with Crippen molar-refractivity contribution in [3.8, 4) is 6.07 Å². The first-order chi connectivity index (χ1) is 16.0. The molecule has 1 atom stereocenters. The summed E-state index contributed by atoms with van der Waals surface area (Å²) in [6.45, 7) is 1.34. The summed E-state index contributed by atoms with van der Waals surface area (Å²) < 4.78 is 69.1. The van der Waals surface area contributed by atoms with Gasteiger partial charge in [-0.05, 0) is 53.5 Å². The van der Waals surface area contributed by atoms with Gasteiger partial charge in [-0.15, -0.1) is 0 Å². The summed E-state index contributed by atoms with van der Waals surface area (Å²) in [6, 6.07) is 19.3. The fourth-order valence-corrected chi connectivity index (χ4v) is 4.31. The molecule has 176 valence electrons. The van der Waals surface area contributed by atoms with E-state index in [2.05, 4.69) is 4.72 Å². The van der Waals surface area contributed by atoms with Gasteiger partial charge >= 0.3 is 6.18 Å². The molecule has 0 radical (unpaired) electrons. The Kier molecular flexibility index (Phi) is 7.26. The molecule has 0 saturated carbocycles. The van der Waals surface area contributed by atoms with Gasteiger partial charge in [0, 0.05) is 6.54 Å². The largest absolute Gasteiger partial charge is 0.425 e. The maximum atomic E-state index is 13.9. The average Bonchev–Trinajstić information content (AvgIpc) is 2.81. The van der Waals surface area contributed by atoms with Crippen LogP contribution in [0, 0.1) is 18.3 Å². The van der Waals surface area contributed by atoms with Gasteiger partial charge in [0.15, 0.2) is 0 Å². The Bertz CT molecular complexity index is 1350. The Morgan fingerprint density at radius 3 is 2.35 bits per heavy atom. The van der Waals surface area contributed by atoms with Crippen LogP contribution in [0.1, 0.15) is 27.8 Å². The normalized spacial score (nSPS) is 14.0. The molecule has 3 aromatic carbocycles. The van der Waals surface area contributed by atoms with Crippen LogP contribution >= 0.6 is 0 Å². The third kappa shape index (κ3) is 5.54. The molecule has 5 nitrogen and oxygen atoms in total. The molecule has 3 aromatic rings. The minimum absolute atomic E-state index is 0.0988. The predicted molar refractivity (Wildman–Crippen MR) is 122 cm³/mol. The molecule has 0 spiro atoms. The molecular formula is C25H21F3N2O3S. The molecule has 0 heterocycles. The van der Waals surface area contributed by atoms with Crippen molar-refractivity contribution in [3.63, 3.8) is 0 Å². The third-order valence-electron chi connectivity index (χ3n) is 5.26. The van der Waals surface area contributed by atoms with Crippen LogP contribution in [0.2, 0.25) is 0 Å². The minimum atomic E-state index is -4.99. The number of sulfonamides is 1. The van der Waals surface area contributed by atoms with E-state index in [1.165, 1.54) is 49.4 Å². The lowest BCUT2D eigenvalue weighted by Gasteiger charge is -2.28. The number of hydrogen-bond acceptors (Lipinski definition) is 4. The lowest BCUT2D eigenvalue weighted by Crippen LogP contribution is -2.40. The van der Waals surface area contributed by atoms with Gasteiger partial charge in [0.25, 0.3) is 0 Å². The summed E-state index contributed by atoms with van der Waals surface area (Å²) >= 11 is 0. The lowest BCUT2D eigenvalue weighted by atomic mass is 9.89. The van der Waals surface area contributed by atoms with E-state index >= 15 is 0 Å². The van der Waals surface area contributed by atoms with Crippen molar-refractivity contribution in [2.45, 2.75) is 30.1 Å². The van der Waals surface area contributed by atoms with E-state index in [1.807, 2.05) is 6.07 Å². The van der Waals surface area contributed by atoms with Crippen molar-refractivity contribution in [2.75, 3.05) is 0 Å². The number of nitrogens with one attached hydrogen (secondary N) is 1.